The SMILES string of the molecule is Nc1cc(C(=O)CCl)c(F)cc1Cl. The van der Waals surface area contributed by atoms with Gasteiger partial charge in [-0.3, -0.25) is 4.79 Å². The summed E-state index contributed by atoms with van der Waals surface area (Å²) in [6.45, 7) is 0. The summed E-state index contributed by atoms with van der Waals surface area (Å²) in [4.78, 5) is 11.0. The molecule has 1 aromatic carbocycles. The molecule has 0 heterocycles. The second kappa shape index (κ2) is 3.94. The van der Waals surface area contributed by atoms with E-state index in [4.69, 9.17) is 28.9 Å². The predicted octanol–water partition coefficient (Wildman–Crippen LogP) is 2.48. The maximum Gasteiger partial charge on any atom is 0.180 e. The van der Waals surface area contributed by atoms with Gasteiger partial charge in [0.25, 0.3) is 0 Å². The topological polar surface area (TPSA) is 43.1 Å². The number of nitrogens with two attached hydrogens (primary N) is 1. The maximum atomic E-state index is 13.0. The molecule has 70 valence electrons. The maximum absolute atomic E-state index is 13.0. The quantitative estimate of drug-likeness (QED) is 0.474. The fourth-order valence-electron chi connectivity index (χ4n) is 0.851. The average molecular weight is 222 g/mol. The normalized spacial score (nSPS) is 10.1. The Morgan fingerprint density at radius 2 is 2.15 bits per heavy atom. The highest BCUT2D eigenvalue weighted by Gasteiger charge is 2.12. The van der Waals surface area contributed by atoms with Crippen molar-refractivity contribution in [3.05, 3.63) is 28.5 Å². The molecule has 0 aromatic heterocycles. The fraction of sp³-hybridized carbons (Fsp3) is 0.125. The summed E-state index contributed by atoms with van der Waals surface area (Å²) in [6.07, 6.45) is 0. The molecule has 0 atom stereocenters. The van der Waals surface area contributed by atoms with Gasteiger partial charge in [-0.05, 0) is 12.1 Å². The van der Waals surface area contributed by atoms with Crippen molar-refractivity contribution in [2.75, 3.05) is 11.6 Å². The molecule has 0 spiro atoms. The van der Waals surface area contributed by atoms with Crippen LogP contribution in [0.4, 0.5) is 10.1 Å². The second-order valence-corrected chi connectivity index (χ2v) is 3.08. The number of carbonyl (C=O) groups is 1. The molecule has 2 nitrogen and oxygen atoms in total. The largest absolute Gasteiger partial charge is 0.398 e. The zero-order chi connectivity index (χ0) is 10.0. The van der Waals surface area contributed by atoms with E-state index >= 15 is 0 Å². The van der Waals surface area contributed by atoms with E-state index in [0.717, 1.165) is 6.07 Å². The molecule has 0 aliphatic carbocycles. The number of halogens is 3. The van der Waals surface area contributed by atoms with Crippen LogP contribution in [0.2, 0.25) is 5.02 Å². The van der Waals surface area contributed by atoms with Gasteiger partial charge in [0.15, 0.2) is 5.78 Å². The van der Waals surface area contributed by atoms with E-state index in [1.165, 1.54) is 6.07 Å². The van der Waals surface area contributed by atoms with Crippen LogP contribution in [0.3, 0.4) is 0 Å². The van der Waals surface area contributed by atoms with E-state index in [1.54, 1.807) is 0 Å². The van der Waals surface area contributed by atoms with Crippen LogP contribution in [0.5, 0.6) is 0 Å². The van der Waals surface area contributed by atoms with Gasteiger partial charge in [-0.2, -0.15) is 0 Å². The van der Waals surface area contributed by atoms with Crippen LogP contribution in [0.25, 0.3) is 0 Å². The van der Waals surface area contributed by atoms with Crippen LogP contribution in [0, 0.1) is 5.82 Å². The standard InChI is InChI=1S/C8H6Cl2FNO/c9-3-8(13)4-1-7(12)5(10)2-6(4)11/h1-2H,3,12H2. The number of hydrogen-bond donors (Lipinski definition) is 1. The van der Waals surface area contributed by atoms with Crippen LogP contribution < -0.4 is 5.73 Å². The minimum absolute atomic E-state index is 0.0867. The smallest absolute Gasteiger partial charge is 0.180 e. The Balaban J connectivity index is 3.23. The Labute approximate surface area is 84.4 Å². The fourth-order valence-corrected chi connectivity index (χ4v) is 1.15. The van der Waals surface area contributed by atoms with E-state index in [2.05, 4.69) is 0 Å². The van der Waals surface area contributed by atoms with Crippen LogP contribution in [-0.2, 0) is 0 Å². The molecular weight excluding hydrogens is 216 g/mol. The summed E-state index contributed by atoms with van der Waals surface area (Å²) < 4.78 is 13.0. The molecule has 0 aliphatic heterocycles. The highest BCUT2D eigenvalue weighted by atomic mass is 35.5. The Morgan fingerprint density at radius 3 is 2.69 bits per heavy atom. The number of rotatable bonds is 2. The van der Waals surface area contributed by atoms with E-state index < -0.39 is 11.6 Å². The first-order valence-corrected chi connectivity index (χ1v) is 4.31. The number of ketones is 1. The van der Waals surface area contributed by atoms with Crippen molar-refractivity contribution in [3.63, 3.8) is 0 Å². The molecule has 0 unspecified atom stereocenters. The number of Topliss-reactive ketones (excluding diaryl/α,β-unsaturated/α-hetero) is 1. The molecule has 0 aliphatic rings. The number of nitrogen functional groups attached to an aromatic ring is 1. The van der Waals surface area contributed by atoms with E-state index in [0.29, 0.717) is 0 Å². The molecular formula is C8H6Cl2FNO. The molecule has 0 bridgehead atoms. The van der Waals surface area contributed by atoms with Gasteiger partial charge in [0, 0.05) is 0 Å². The van der Waals surface area contributed by atoms with Gasteiger partial charge in [0.05, 0.1) is 22.2 Å². The number of alkyl halides is 1. The molecule has 1 aromatic rings. The summed E-state index contributed by atoms with van der Waals surface area (Å²) in [5, 5.41) is 0.0867. The van der Waals surface area contributed by atoms with E-state index in [1.807, 2.05) is 0 Å². The zero-order valence-corrected chi connectivity index (χ0v) is 7.99. The number of benzene rings is 1. The van der Waals surface area contributed by atoms with Crippen LogP contribution >= 0.6 is 23.2 Å². The van der Waals surface area contributed by atoms with Gasteiger partial charge >= 0.3 is 0 Å². The van der Waals surface area contributed by atoms with Gasteiger partial charge in [-0.1, -0.05) is 11.6 Å². The van der Waals surface area contributed by atoms with Gasteiger partial charge < -0.3 is 5.73 Å². The number of carbonyl (C=O) groups excluding carboxylic acids is 1. The van der Waals surface area contributed by atoms with Gasteiger partial charge in [0.1, 0.15) is 5.82 Å². The zero-order valence-electron chi connectivity index (χ0n) is 6.48. The molecule has 1 rings (SSSR count). The predicted molar refractivity (Wildman–Crippen MR) is 50.9 cm³/mol. The third-order valence-electron chi connectivity index (χ3n) is 1.51. The van der Waals surface area contributed by atoms with Gasteiger partial charge in [-0.25, -0.2) is 4.39 Å². The first kappa shape index (κ1) is 10.3. The Bertz CT molecular complexity index is 354. The van der Waals surface area contributed by atoms with Crippen molar-refractivity contribution < 1.29 is 9.18 Å². The lowest BCUT2D eigenvalue weighted by molar-refractivity contribution is 0.101. The molecule has 0 saturated carbocycles. The Hall–Kier alpha value is -0.800. The third kappa shape index (κ3) is 2.11. The minimum Gasteiger partial charge on any atom is -0.398 e. The lowest BCUT2D eigenvalue weighted by Gasteiger charge is -2.02. The number of anilines is 1. The molecule has 0 amide bonds. The summed E-state index contributed by atoms with van der Waals surface area (Å²) in [6, 6.07) is 2.18. The number of hydrogen-bond acceptors (Lipinski definition) is 2. The Morgan fingerprint density at radius 1 is 1.54 bits per heavy atom. The molecule has 5 heteroatoms. The van der Waals surface area contributed by atoms with Crippen molar-refractivity contribution in [3.8, 4) is 0 Å². The minimum atomic E-state index is -0.704. The summed E-state index contributed by atoms with van der Waals surface area (Å²) in [5.41, 5.74) is 5.42. The first-order valence-electron chi connectivity index (χ1n) is 3.40. The molecule has 13 heavy (non-hydrogen) atoms. The van der Waals surface area contributed by atoms with Gasteiger partial charge in [-0.15, -0.1) is 11.6 Å². The molecule has 0 fully saturated rings. The molecule has 0 radical (unpaired) electrons. The average Bonchev–Trinajstić information content (AvgIpc) is 2.10. The molecule has 0 saturated heterocycles. The van der Waals surface area contributed by atoms with Crippen molar-refractivity contribution in [2.45, 2.75) is 0 Å². The van der Waals surface area contributed by atoms with Gasteiger partial charge in [0.2, 0.25) is 0 Å². The summed E-state index contributed by atoms with van der Waals surface area (Å²) in [7, 11) is 0. The van der Waals surface area contributed by atoms with Crippen LogP contribution in [-0.4, -0.2) is 11.7 Å². The van der Waals surface area contributed by atoms with Crippen molar-refractivity contribution in [2.24, 2.45) is 0 Å². The molecule has 2 N–H and O–H groups in total. The van der Waals surface area contributed by atoms with E-state index in [9.17, 15) is 9.18 Å². The first-order chi connectivity index (χ1) is 6.06. The highest BCUT2D eigenvalue weighted by Crippen LogP contribution is 2.23. The third-order valence-corrected chi connectivity index (χ3v) is 2.08. The van der Waals surface area contributed by atoms with Crippen LogP contribution in [0.15, 0.2) is 12.1 Å². The Kier molecular flexibility index (Phi) is 3.12. The van der Waals surface area contributed by atoms with Crippen molar-refractivity contribution >= 4 is 34.7 Å². The monoisotopic (exact) mass is 221 g/mol. The lowest BCUT2D eigenvalue weighted by atomic mass is 10.1. The van der Waals surface area contributed by atoms with E-state index in [-0.39, 0.29) is 22.2 Å². The highest BCUT2D eigenvalue weighted by molar-refractivity contribution is 6.34. The summed E-state index contributed by atoms with van der Waals surface area (Å²) >= 11 is 10.8. The van der Waals surface area contributed by atoms with Crippen molar-refractivity contribution in [1.82, 2.24) is 0 Å². The second-order valence-electron chi connectivity index (χ2n) is 2.41. The van der Waals surface area contributed by atoms with Crippen molar-refractivity contribution in [1.29, 1.82) is 0 Å². The summed E-state index contributed by atoms with van der Waals surface area (Å²) in [5.74, 6) is -1.50. The van der Waals surface area contributed by atoms with Crippen LogP contribution in [0.1, 0.15) is 10.4 Å². The lowest BCUT2D eigenvalue weighted by Crippen LogP contribution is -2.05.